The van der Waals surface area contributed by atoms with Gasteiger partial charge in [0.05, 0.1) is 5.45 Å². The summed E-state index contributed by atoms with van der Waals surface area (Å²) in [4.78, 5) is 0. The van der Waals surface area contributed by atoms with Gasteiger partial charge in [0.25, 0.3) is 0 Å². The summed E-state index contributed by atoms with van der Waals surface area (Å²) >= 11 is 3.01. The van der Waals surface area contributed by atoms with Crippen LogP contribution in [0.2, 0.25) is 0 Å². The van der Waals surface area contributed by atoms with Crippen LogP contribution < -0.4 is 11.3 Å². The number of rotatable bonds is 1. The standard InChI is InChI=1S/CH5BrN2/c2-1-4-3/h4H,1,3H2. The Labute approximate surface area is 33.5 Å². The number of hydrogen-bond donors (Lipinski definition) is 2. The molecule has 0 heterocycles. The van der Waals surface area contributed by atoms with Crippen molar-refractivity contribution >= 4 is 15.9 Å². The molecule has 4 heavy (non-hydrogen) atoms. The third kappa shape index (κ3) is 2.40. The van der Waals surface area contributed by atoms with E-state index in [0.717, 1.165) is 0 Å². The first-order chi connectivity index (χ1) is 1.91. The molecule has 0 saturated heterocycles. The summed E-state index contributed by atoms with van der Waals surface area (Å²) in [6, 6.07) is 0. The average Bonchev–Trinajstić information content (AvgIpc) is 1.37. The van der Waals surface area contributed by atoms with E-state index in [0.29, 0.717) is 5.45 Å². The van der Waals surface area contributed by atoms with Gasteiger partial charge in [0, 0.05) is 0 Å². The molecule has 0 unspecified atom stereocenters. The molecule has 0 rings (SSSR count). The Kier molecular flexibility index (Phi) is 3.74. The highest BCUT2D eigenvalue weighted by atomic mass is 79.9. The molecule has 0 bridgehead atoms. The van der Waals surface area contributed by atoms with E-state index in [1.807, 2.05) is 0 Å². The van der Waals surface area contributed by atoms with Crippen LogP contribution in [-0.4, -0.2) is 5.45 Å². The summed E-state index contributed by atoms with van der Waals surface area (Å²) in [6.45, 7) is 0. The van der Waals surface area contributed by atoms with Crippen molar-refractivity contribution < 1.29 is 0 Å². The third-order valence-corrected chi connectivity index (χ3v) is 0.401. The normalized spacial score (nSPS) is 7.50. The van der Waals surface area contributed by atoms with E-state index in [-0.39, 0.29) is 0 Å². The van der Waals surface area contributed by atoms with Gasteiger partial charge in [-0.15, -0.1) is 0 Å². The second-order valence-electron chi connectivity index (χ2n) is 0.338. The smallest absolute Gasteiger partial charge is 0.0652 e. The molecule has 0 atom stereocenters. The molecule has 0 aromatic heterocycles. The molecular formula is CH5BrN2. The van der Waals surface area contributed by atoms with Gasteiger partial charge in [-0.25, -0.2) is 5.43 Å². The van der Waals surface area contributed by atoms with E-state index in [1.54, 1.807) is 0 Å². The lowest BCUT2D eigenvalue weighted by Gasteiger charge is -1.75. The van der Waals surface area contributed by atoms with Crippen LogP contribution in [0.25, 0.3) is 0 Å². The Morgan fingerprint density at radius 3 is 2.25 bits per heavy atom. The maximum absolute atomic E-state index is 4.73. The molecule has 0 aromatic rings. The first kappa shape index (κ1) is 4.40. The molecule has 0 spiro atoms. The average molecular weight is 125 g/mol. The number of halogens is 1. The number of alkyl halides is 1. The molecule has 0 aliphatic rings. The molecule has 3 N–H and O–H groups in total. The molecule has 26 valence electrons. The zero-order chi connectivity index (χ0) is 3.41. The summed E-state index contributed by atoms with van der Waals surface area (Å²) in [5.41, 5.74) is 3.01. The minimum Gasteiger partial charge on any atom is -0.271 e. The van der Waals surface area contributed by atoms with Crippen molar-refractivity contribution in [1.82, 2.24) is 5.43 Å². The first-order valence-corrected chi connectivity index (χ1v) is 2.03. The summed E-state index contributed by atoms with van der Waals surface area (Å²) in [6.07, 6.45) is 0. The van der Waals surface area contributed by atoms with Gasteiger partial charge in [0.1, 0.15) is 0 Å². The SMILES string of the molecule is NNCBr. The van der Waals surface area contributed by atoms with Crippen molar-refractivity contribution in [2.75, 3.05) is 5.45 Å². The number of hydrogen-bond acceptors (Lipinski definition) is 2. The van der Waals surface area contributed by atoms with Crippen LogP contribution in [0.15, 0.2) is 0 Å². The van der Waals surface area contributed by atoms with Crippen molar-refractivity contribution in [1.29, 1.82) is 0 Å². The van der Waals surface area contributed by atoms with Crippen LogP contribution in [0.1, 0.15) is 0 Å². The minimum absolute atomic E-state index is 0.660. The fourth-order valence-electron chi connectivity index (χ4n) is 0. The second-order valence-corrected chi connectivity index (χ2v) is 0.898. The van der Waals surface area contributed by atoms with E-state index in [1.165, 1.54) is 0 Å². The van der Waals surface area contributed by atoms with Crippen LogP contribution >= 0.6 is 15.9 Å². The van der Waals surface area contributed by atoms with Crippen LogP contribution in [0, 0.1) is 0 Å². The van der Waals surface area contributed by atoms with Crippen molar-refractivity contribution in [3.8, 4) is 0 Å². The maximum atomic E-state index is 4.73. The van der Waals surface area contributed by atoms with Gasteiger partial charge >= 0.3 is 0 Å². The summed E-state index contributed by atoms with van der Waals surface area (Å²) < 4.78 is 0. The predicted molar refractivity (Wildman–Crippen MR) is 21.1 cm³/mol. The van der Waals surface area contributed by atoms with Gasteiger partial charge in [-0.2, -0.15) is 0 Å². The monoisotopic (exact) mass is 124 g/mol. The lowest BCUT2D eigenvalue weighted by molar-refractivity contribution is 0.879. The van der Waals surface area contributed by atoms with E-state index in [4.69, 9.17) is 5.84 Å². The third-order valence-electron chi connectivity index (χ3n) is 0.0772. The Bertz CT molecular complexity index is 8.00. The largest absolute Gasteiger partial charge is 0.271 e. The second kappa shape index (κ2) is 3.40. The summed E-state index contributed by atoms with van der Waals surface area (Å²) in [5.74, 6) is 4.73. The molecule has 0 aliphatic heterocycles. The molecule has 3 heteroatoms. The summed E-state index contributed by atoms with van der Waals surface area (Å²) in [5, 5.41) is 0. The van der Waals surface area contributed by atoms with Crippen molar-refractivity contribution in [3.63, 3.8) is 0 Å². The van der Waals surface area contributed by atoms with Crippen molar-refractivity contribution in [2.24, 2.45) is 5.84 Å². The molecule has 0 aromatic carbocycles. The number of nitrogens with one attached hydrogen (secondary N) is 1. The molecule has 0 fully saturated rings. The highest BCUT2D eigenvalue weighted by Crippen LogP contribution is 1.61. The van der Waals surface area contributed by atoms with Gasteiger partial charge < -0.3 is 0 Å². The van der Waals surface area contributed by atoms with E-state index in [9.17, 15) is 0 Å². The lowest BCUT2D eigenvalue weighted by Crippen LogP contribution is -2.18. The molecule has 0 radical (unpaired) electrons. The zero-order valence-electron chi connectivity index (χ0n) is 2.16. The Morgan fingerprint density at radius 2 is 2.25 bits per heavy atom. The summed E-state index contributed by atoms with van der Waals surface area (Å²) in [7, 11) is 0. The molecular weight excluding hydrogens is 120 g/mol. The highest BCUT2D eigenvalue weighted by Gasteiger charge is 1.52. The lowest BCUT2D eigenvalue weighted by atomic mass is 11.5. The number of nitrogens with two attached hydrogens (primary N) is 1. The van der Waals surface area contributed by atoms with E-state index in [2.05, 4.69) is 21.4 Å². The topological polar surface area (TPSA) is 38.0 Å². The van der Waals surface area contributed by atoms with Gasteiger partial charge in [-0.05, 0) is 0 Å². The van der Waals surface area contributed by atoms with E-state index < -0.39 is 0 Å². The first-order valence-electron chi connectivity index (χ1n) is 0.909. The quantitative estimate of drug-likeness (QED) is 0.220. The van der Waals surface area contributed by atoms with Gasteiger partial charge in [0.15, 0.2) is 0 Å². The Balaban J connectivity index is 1.97. The fraction of sp³-hybridized carbons (Fsp3) is 1.00. The fourth-order valence-corrected chi connectivity index (χ4v) is 0. The van der Waals surface area contributed by atoms with Crippen LogP contribution in [0.4, 0.5) is 0 Å². The zero-order valence-corrected chi connectivity index (χ0v) is 3.75. The van der Waals surface area contributed by atoms with Crippen LogP contribution in [-0.2, 0) is 0 Å². The number of hydrazine groups is 1. The highest BCUT2D eigenvalue weighted by molar-refractivity contribution is 9.09. The maximum Gasteiger partial charge on any atom is 0.0652 e. The van der Waals surface area contributed by atoms with Crippen molar-refractivity contribution in [3.05, 3.63) is 0 Å². The van der Waals surface area contributed by atoms with Crippen LogP contribution in [0.3, 0.4) is 0 Å². The Hall–Kier alpha value is 0.400. The minimum atomic E-state index is 0.660. The molecule has 0 amide bonds. The molecule has 2 nitrogen and oxygen atoms in total. The molecule has 0 aliphatic carbocycles. The van der Waals surface area contributed by atoms with E-state index >= 15 is 0 Å². The van der Waals surface area contributed by atoms with Gasteiger partial charge in [-0.3, -0.25) is 5.84 Å². The molecule has 0 saturated carbocycles. The van der Waals surface area contributed by atoms with Gasteiger partial charge in [0.2, 0.25) is 0 Å². The Morgan fingerprint density at radius 1 is 2.00 bits per heavy atom. The van der Waals surface area contributed by atoms with Gasteiger partial charge in [-0.1, -0.05) is 15.9 Å². The predicted octanol–water partition coefficient (Wildman–Crippen LogP) is -0.198. The van der Waals surface area contributed by atoms with Crippen LogP contribution in [0.5, 0.6) is 0 Å². The van der Waals surface area contributed by atoms with Crippen molar-refractivity contribution in [2.45, 2.75) is 0 Å².